The predicted octanol–water partition coefficient (Wildman–Crippen LogP) is 4.98. The normalized spacial score (nSPS) is 24.7. The summed E-state index contributed by atoms with van der Waals surface area (Å²) in [5.41, 5.74) is 1.26. The summed E-state index contributed by atoms with van der Waals surface area (Å²) in [6, 6.07) is 13.9. The van der Waals surface area contributed by atoms with Crippen LogP contribution in [0, 0.1) is 5.82 Å². The van der Waals surface area contributed by atoms with Crippen molar-refractivity contribution in [2.75, 3.05) is 13.7 Å². The minimum Gasteiger partial charge on any atom is -0.384 e. The molecule has 0 radical (unpaired) electrons. The van der Waals surface area contributed by atoms with E-state index in [1.807, 2.05) is 31.2 Å². The van der Waals surface area contributed by atoms with Gasteiger partial charge in [0.2, 0.25) is 5.91 Å². The maximum atomic E-state index is 13.4. The van der Waals surface area contributed by atoms with E-state index in [4.69, 9.17) is 21.1 Å². The molecular weight excluding hydrogens is 381 g/mol. The summed E-state index contributed by atoms with van der Waals surface area (Å²) in [5, 5.41) is 3.77. The number of rotatable bonds is 6. The van der Waals surface area contributed by atoms with Crippen LogP contribution in [0.4, 0.5) is 4.39 Å². The molecule has 1 aliphatic heterocycles. The van der Waals surface area contributed by atoms with Crippen LogP contribution >= 0.6 is 11.6 Å². The quantitative estimate of drug-likeness (QED) is 0.737. The van der Waals surface area contributed by atoms with Crippen LogP contribution < -0.4 is 5.32 Å². The van der Waals surface area contributed by atoms with Gasteiger partial charge in [0, 0.05) is 36.9 Å². The molecule has 0 spiro atoms. The van der Waals surface area contributed by atoms with Gasteiger partial charge >= 0.3 is 0 Å². The SMILES string of the molecule is COCCC(=O)N[C@@]1(C)C[C@@H](c2ccc(F)cc2)O[C@@H](c2ccccc2Cl)C1. The topological polar surface area (TPSA) is 47.6 Å². The van der Waals surface area contributed by atoms with Crippen molar-refractivity contribution < 1.29 is 18.7 Å². The smallest absolute Gasteiger partial charge is 0.222 e. The first-order chi connectivity index (χ1) is 13.4. The van der Waals surface area contributed by atoms with Crippen LogP contribution in [0.15, 0.2) is 48.5 Å². The van der Waals surface area contributed by atoms with Crippen molar-refractivity contribution in [2.45, 2.75) is 43.9 Å². The van der Waals surface area contributed by atoms with Gasteiger partial charge in [0.15, 0.2) is 0 Å². The van der Waals surface area contributed by atoms with Crippen molar-refractivity contribution in [1.29, 1.82) is 0 Å². The van der Waals surface area contributed by atoms with E-state index in [2.05, 4.69) is 5.32 Å². The largest absolute Gasteiger partial charge is 0.384 e. The first-order valence-electron chi connectivity index (χ1n) is 9.35. The lowest BCUT2D eigenvalue weighted by Gasteiger charge is -2.43. The van der Waals surface area contributed by atoms with Gasteiger partial charge in [-0.3, -0.25) is 4.79 Å². The average molecular weight is 406 g/mol. The highest BCUT2D eigenvalue weighted by Gasteiger charge is 2.40. The Kier molecular flexibility index (Phi) is 6.70. The van der Waals surface area contributed by atoms with Gasteiger partial charge in [-0.2, -0.15) is 0 Å². The van der Waals surface area contributed by atoms with E-state index in [1.54, 1.807) is 19.2 Å². The predicted molar refractivity (Wildman–Crippen MR) is 107 cm³/mol. The van der Waals surface area contributed by atoms with E-state index in [-0.39, 0.29) is 23.9 Å². The van der Waals surface area contributed by atoms with Gasteiger partial charge in [-0.25, -0.2) is 4.39 Å². The Morgan fingerprint density at radius 2 is 1.89 bits per heavy atom. The van der Waals surface area contributed by atoms with Crippen molar-refractivity contribution >= 4 is 17.5 Å². The zero-order valence-electron chi connectivity index (χ0n) is 16.1. The highest BCUT2D eigenvalue weighted by molar-refractivity contribution is 6.31. The Morgan fingerprint density at radius 3 is 2.57 bits per heavy atom. The van der Waals surface area contributed by atoms with Gasteiger partial charge in [-0.05, 0) is 36.2 Å². The fourth-order valence-electron chi connectivity index (χ4n) is 3.69. The maximum absolute atomic E-state index is 13.4. The summed E-state index contributed by atoms with van der Waals surface area (Å²) in [6.07, 6.45) is 0.893. The molecule has 1 amide bonds. The third kappa shape index (κ3) is 5.10. The Balaban J connectivity index is 1.88. The van der Waals surface area contributed by atoms with E-state index in [0.29, 0.717) is 30.9 Å². The van der Waals surface area contributed by atoms with Crippen molar-refractivity contribution in [3.05, 3.63) is 70.5 Å². The van der Waals surface area contributed by atoms with Gasteiger partial charge in [0.1, 0.15) is 5.82 Å². The number of halogens is 2. The molecule has 1 fully saturated rings. The Labute approximate surface area is 170 Å². The lowest BCUT2D eigenvalue weighted by atomic mass is 9.81. The fourth-order valence-corrected chi connectivity index (χ4v) is 3.94. The summed E-state index contributed by atoms with van der Waals surface area (Å²) in [6.45, 7) is 2.38. The summed E-state index contributed by atoms with van der Waals surface area (Å²) >= 11 is 6.41. The maximum Gasteiger partial charge on any atom is 0.222 e. The number of nitrogens with one attached hydrogen (secondary N) is 1. The van der Waals surface area contributed by atoms with Crippen LogP contribution in [0.25, 0.3) is 0 Å². The van der Waals surface area contributed by atoms with E-state index >= 15 is 0 Å². The molecule has 0 bridgehead atoms. The minimum atomic E-state index is -0.494. The number of hydrogen-bond donors (Lipinski definition) is 1. The third-order valence-corrected chi connectivity index (χ3v) is 5.41. The molecule has 0 saturated carbocycles. The molecule has 6 heteroatoms. The highest BCUT2D eigenvalue weighted by Crippen LogP contribution is 2.45. The molecule has 0 unspecified atom stereocenters. The van der Waals surface area contributed by atoms with Crippen LogP contribution in [0.3, 0.4) is 0 Å². The van der Waals surface area contributed by atoms with Crippen molar-refractivity contribution in [1.82, 2.24) is 5.32 Å². The summed E-state index contributed by atoms with van der Waals surface area (Å²) in [7, 11) is 1.57. The van der Waals surface area contributed by atoms with E-state index in [1.165, 1.54) is 12.1 Å². The minimum absolute atomic E-state index is 0.0676. The molecule has 2 aromatic rings. The third-order valence-electron chi connectivity index (χ3n) is 5.07. The number of carbonyl (C=O) groups is 1. The molecule has 0 aromatic heterocycles. The number of methoxy groups -OCH3 is 1. The molecule has 150 valence electrons. The number of amides is 1. The molecule has 1 heterocycles. The summed E-state index contributed by atoms with van der Waals surface area (Å²) < 4.78 is 24.7. The Morgan fingerprint density at radius 1 is 1.21 bits per heavy atom. The van der Waals surface area contributed by atoms with Gasteiger partial charge in [0.05, 0.1) is 18.8 Å². The standard InChI is InChI=1S/C22H25ClFNO3/c1-22(25-21(26)11-12-27-2)13-19(15-7-9-16(24)10-8-15)28-20(14-22)17-5-3-4-6-18(17)23/h3-10,19-20H,11-14H2,1-2H3,(H,25,26)/t19-,20+,22-/m0/s1. The van der Waals surface area contributed by atoms with Crippen molar-refractivity contribution in [2.24, 2.45) is 0 Å². The van der Waals surface area contributed by atoms with Crippen LogP contribution in [0.5, 0.6) is 0 Å². The molecule has 28 heavy (non-hydrogen) atoms. The molecule has 3 atom stereocenters. The lowest BCUT2D eigenvalue weighted by molar-refractivity contribution is -0.129. The molecular formula is C22H25ClFNO3. The van der Waals surface area contributed by atoms with Crippen LogP contribution in [-0.4, -0.2) is 25.2 Å². The Bertz CT molecular complexity index is 814. The molecule has 3 rings (SSSR count). The van der Waals surface area contributed by atoms with Crippen molar-refractivity contribution in [3.63, 3.8) is 0 Å². The van der Waals surface area contributed by atoms with Crippen LogP contribution in [-0.2, 0) is 14.3 Å². The van der Waals surface area contributed by atoms with Gasteiger partial charge in [0.25, 0.3) is 0 Å². The number of carbonyl (C=O) groups excluding carboxylic acids is 1. The molecule has 1 saturated heterocycles. The highest BCUT2D eigenvalue weighted by atomic mass is 35.5. The van der Waals surface area contributed by atoms with Gasteiger partial charge in [-0.15, -0.1) is 0 Å². The van der Waals surface area contributed by atoms with E-state index < -0.39 is 5.54 Å². The monoisotopic (exact) mass is 405 g/mol. The molecule has 4 nitrogen and oxygen atoms in total. The molecule has 0 aliphatic carbocycles. The van der Waals surface area contributed by atoms with Crippen LogP contribution in [0.2, 0.25) is 5.02 Å². The second kappa shape index (κ2) is 9.03. The zero-order chi connectivity index (χ0) is 20.1. The van der Waals surface area contributed by atoms with Gasteiger partial charge < -0.3 is 14.8 Å². The second-order valence-electron chi connectivity index (χ2n) is 7.45. The summed E-state index contributed by atoms with van der Waals surface area (Å²) in [5.74, 6) is -0.361. The number of ether oxygens (including phenoxy) is 2. The molecule has 1 N–H and O–H groups in total. The first-order valence-corrected chi connectivity index (χ1v) is 9.73. The zero-order valence-corrected chi connectivity index (χ0v) is 16.8. The Hall–Kier alpha value is -1.95. The van der Waals surface area contributed by atoms with E-state index in [0.717, 1.165) is 11.1 Å². The van der Waals surface area contributed by atoms with E-state index in [9.17, 15) is 9.18 Å². The molecule has 2 aromatic carbocycles. The first kappa shape index (κ1) is 20.8. The van der Waals surface area contributed by atoms with Crippen LogP contribution in [0.1, 0.15) is 49.5 Å². The lowest BCUT2D eigenvalue weighted by Crippen LogP contribution is -2.51. The number of benzene rings is 2. The summed E-state index contributed by atoms with van der Waals surface area (Å²) in [4.78, 5) is 12.4. The van der Waals surface area contributed by atoms with Crippen molar-refractivity contribution in [3.8, 4) is 0 Å². The molecule has 1 aliphatic rings. The second-order valence-corrected chi connectivity index (χ2v) is 7.85. The fraction of sp³-hybridized carbons (Fsp3) is 0.409. The average Bonchev–Trinajstić information content (AvgIpc) is 2.66. The number of hydrogen-bond acceptors (Lipinski definition) is 3. The van der Waals surface area contributed by atoms with Gasteiger partial charge in [-0.1, -0.05) is 41.9 Å².